The predicted octanol–water partition coefficient (Wildman–Crippen LogP) is 3.63. The van der Waals surface area contributed by atoms with Crippen LogP contribution in [-0.4, -0.2) is 9.78 Å². The van der Waals surface area contributed by atoms with Crippen molar-refractivity contribution in [1.29, 1.82) is 0 Å². The molecule has 102 valence electrons. The summed E-state index contributed by atoms with van der Waals surface area (Å²) in [4.78, 5) is 0. The fraction of sp³-hybridized carbons (Fsp3) is 0.0714. The van der Waals surface area contributed by atoms with Gasteiger partial charge in [0.1, 0.15) is 0 Å². The molecule has 0 bridgehead atoms. The summed E-state index contributed by atoms with van der Waals surface area (Å²) >= 11 is 0. The molecule has 2 N–H and O–H groups in total. The summed E-state index contributed by atoms with van der Waals surface area (Å²) in [7, 11) is 0. The number of fused-ring (bicyclic) bond motifs is 1. The molecule has 6 heteroatoms. The van der Waals surface area contributed by atoms with Crippen molar-refractivity contribution in [3.63, 3.8) is 0 Å². The van der Waals surface area contributed by atoms with Gasteiger partial charge in [-0.05, 0) is 30.3 Å². The molecule has 3 rings (SSSR count). The van der Waals surface area contributed by atoms with Crippen LogP contribution in [0.1, 0.15) is 5.56 Å². The number of alkyl halides is 3. The monoisotopic (exact) mass is 277 g/mol. The largest absolute Gasteiger partial charge is 0.416 e. The van der Waals surface area contributed by atoms with E-state index in [0.717, 1.165) is 17.8 Å². The fourth-order valence-corrected chi connectivity index (χ4v) is 2.08. The van der Waals surface area contributed by atoms with Crippen LogP contribution < -0.4 is 5.73 Å². The number of aromatic nitrogens is 2. The molecule has 3 aromatic rings. The lowest BCUT2D eigenvalue weighted by atomic mass is 10.1. The third-order valence-electron chi connectivity index (χ3n) is 3.04. The van der Waals surface area contributed by atoms with Crippen molar-refractivity contribution in [2.45, 2.75) is 6.18 Å². The van der Waals surface area contributed by atoms with E-state index >= 15 is 0 Å². The van der Waals surface area contributed by atoms with E-state index in [9.17, 15) is 13.2 Å². The van der Waals surface area contributed by atoms with Crippen molar-refractivity contribution >= 4 is 16.7 Å². The SMILES string of the molecule is Nc1nn(-c2ccccc2)c2ccc(C(F)(F)F)cc12. The van der Waals surface area contributed by atoms with Gasteiger partial charge in [0.15, 0.2) is 5.82 Å². The molecule has 0 fully saturated rings. The molecular formula is C14H10F3N3. The summed E-state index contributed by atoms with van der Waals surface area (Å²) in [6.07, 6.45) is -4.39. The Bertz CT molecular complexity index is 760. The topological polar surface area (TPSA) is 43.8 Å². The number of para-hydroxylation sites is 1. The number of nitrogen functional groups attached to an aromatic ring is 1. The van der Waals surface area contributed by atoms with Crippen molar-refractivity contribution in [3.8, 4) is 5.69 Å². The van der Waals surface area contributed by atoms with E-state index in [4.69, 9.17) is 5.73 Å². The van der Waals surface area contributed by atoms with Crippen LogP contribution in [0.25, 0.3) is 16.6 Å². The van der Waals surface area contributed by atoms with Gasteiger partial charge in [-0.25, -0.2) is 4.68 Å². The second-order valence-corrected chi connectivity index (χ2v) is 4.36. The van der Waals surface area contributed by atoms with E-state index in [0.29, 0.717) is 10.9 Å². The maximum Gasteiger partial charge on any atom is 0.416 e. The first-order valence-corrected chi connectivity index (χ1v) is 5.88. The molecule has 0 radical (unpaired) electrons. The van der Waals surface area contributed by atoms with Gasteiger partial charge < -0.3 is 5.73 Å². The molecule has 3 nitrogen and oxygen atoms in total. The predicted molar refractivity (Wildman–Crippen MR) is 70.5 cm³/mol. The Kier molecular flexibility index (Phi) is 2.67. The van der Waals surface area contributed by atoms with Crippen molar-refractivity contribution in [1.82, 2.24) is 9.78 Å². The van der Waals surface area contributed by atoms with Crippen LogP contribution in [0.15, 0.2) is 48.5 Å². The smallest absolute Gasteiger partial charge is 0.382 e. The molecule has 20 heavy (non-hydrogen) atoms. The molecule has 1 heterocycles. The van der Waals surface area contributed by atoms with Crippen LogP contribution in [-0.2, 0) is 6.18 Å². The summed E-state index contributed by atoms with van der Waals surface area (Å²) in [5.74, 6) is 0.0787. The van der Waals surface area contributed by atoms with Crippen molar-refractivity contribution < 1.29 is 13.2 Å². The van der Waals surface area contributed by atoms with E-state index in [2.05, 4.69) is 5.10 Å². The first-order valence-electron chi connectivity index (χ1n) is 5.88. The second-order valence-electron chi connectivity index (χ2n) is 4.36. The lowest BCUT2D eigenvalue weighted by Gasteiger charge is -2.07. The first kappa shape index (κ1) is 12.5. The zero-order valence-corrected chi connectivity index (χ0v) is 10.2. The van der Waals surface area contributed by atoms with Gasteiger partial charge in [0, 0.05) is 5.39 Å². The maximum absolute atomic E-state index is 12.7. The highest BCUT2D eigenvalue weighted by atomic mass is 19.4. The van der Waals surface area contributed by atoms with Crippen LogP contribution in [0.3, 0.4) is 0 Å². The third kappa shape index (κ3) is 1.99. The van der Waals surface area contributed by atoms with E-state index in [-0.39, 0.29) is 5.82 Å². The molecule has 0 amide bonds. The number of hydrogen-bond donors (Lipinski definition) is 1. The Balaban J connectivity index is 2.23. The average Bonchev–Trinajstić information content (AvgIpc) is 2.76. The van der Waals surface area contributed by atoms with Gasteiger partial charge in [-0.1, -0.05) is 18.2 Å². The zero-order valence-electron chi connectivity index (χ0n) is 10.2. The second kappa shape index (κ2) is 4.26. The first-order chi connectivity index (χ1) is 9.47. The number of hydrogen-bond acceptors (Lipinski definition) is 2. The number of nitrogens with zero attached hydrogens (tertiary/aromatic N) is 2. The Morgan fingerprint density at radius 3 is 2.35 bits per heavy atom. The van der Waals surface area contributed by atoms with E-state index < -0.39 is 11.7 Å². The zero-order chi connectivity index (χ0) is 14.3. The van der Waals surface area contributed by atoms with Gasteiger partial charge in [0.05, 0.1) is 16.8 Å². The normalized spacial score (nSPS) is 11.9. The number of rotatable bonds is 1. The fourth-order valence-electron chi connectivity index (χ4n) is 2.08. The van der Waals surface area contributed by atoms with Crippen LogP contribution in [0.5, 0.6) is 0 Å². The minimum atomic E-state index is -4.39. The Labute approximate surface area is 112 Å². The van der Waals surface area contributed by atoms with Crippen LogP contribution in [0, 0.1) is 0 Å². The maximum atomic E-state index is 12.7. The van der Waals surface area contributed by atoms with Crippen LogP contribution in [0.2, 0.25) is 0 Å². The summed E-state index contributed by atoms with van der Waals surface area (Å²) in [6, 6.07) is 12.5. The molecule has 0 aliphatic rings. The lowest BCUT2D eigenvalue weighted by Crippen LogP contribution is -2.04. The van der Waals surface area contributed by atoms with Crippen molar-refractivity contribution in [3.05, 3.63) is 54.1 Å². The molecule has 0 atom stereocenters. The molecule has 0 spiro atoms. The van der Waals surface area contributed by atoms with Crippen molar-refractivity contribution in [2.24, 2.45) is 0 Å². The molecule has 1 aromatic heterocycles. The molecule has 0 unspecified atom stereocenters. The summed E-state index contributed by atoms with van der Waals surface area (Å²) < 4.78 is 39.7. The molecule has 0 saturated heterocycles. The van der Waals surface area contributed by atoms with Gasteiger partial charge in [0.2, 0.25) is 0 Å². The Morgan fingerprint density at radius 1 is 1.00 bits per heavy atom. The van der Waals surface area contributed by atoms with E-state index in [1.165, 1.54) is 10.7 Å². The summed E-state index contributed by atoms with van der Waals surface area (Å²) in [6.45, 7) is 0. The van der Waals surface area contributed by atoms with Crippen LogP contribution in [0.4, 0.5) is 19.0 Å². The molecular weight excluding hydrogens is 267 g/mol. The molecule has 2 aromatic carbocycles. The third-order valence-corrected chi connectivity index (χ3v) is 3.04. The highest BCUT2D eigenvalue weighted by Gasteiger charge is 2.31. The Morgan fingerprint density at radius 2 is 1.70 bits per heavy atom. The van der Waals surface area contributed by atoms with Gasteiger partial charge in [-0.3, -0.25) is 0 Å². The van der Waals surface area contributed by atoms with Gasteiger partial charge >= 0.3 is 6.18 Å². The highest BCUT2D eigenvalue weighted by molar-refractivity contribution is 5.90. The van der Waals surface area contributed by atoms with Gasteiger partial charge in [0.25, 0.3) is 0 Å². The van der Waals surface area contributed by atoms with Crippen molar-refractivity contribution in [2.75, 3.05) is 5.73 Å². The summed E-state index contributed by atoms with van der Waals surface area (Å²) in [5.41, 5.74) is 6.28. The number of halogens is 3. The van der Waals surface area contributed by atoms with Gasteiger partial charge in [-0.15, -0.1) is 5.10 Å². The summed E-state index contributed by atoms with van der Waals surface area (Å²) in [5, 5.41) is 4.41. The standard InChI is InChI=1S/C14H10F3N3/c15-14(16,17)9-6-7-12-11(8-9)13(18)19-20(12)10-4-2-1-3-5-10/h1-8H,(H2,18,19). The number of benzene rings is 2. The number of anilines is 1. The minimum Gasteiger partial charge on any atom is -0.382 e. The van der Waals surface area contributed by atoms with E-state index in [1.54, 1.807) is 0 Å². The molecule has 0 aliphatic carbocycles. The average molecular weight is 277 g/mol. The lowest BCUT2D eigenvalue weighted by molar-refractivity contribution is -0.137. The molecule has 0 aliphatic heterocycles. The molecule has 0 saturated carbocycles. The highest BCUT2D eigenvalue weighted by Crippen LogP contribution is 2.33. The minimum absolute atomic E-state index is 0.0787. The Hall–Kier alpha value is -2.50. The van der Waals surface area contributed by atoms with E-state index in [1.807, 2.05) is 30.3 Å². The van der Waals surface area contributed by atoms with Gasteiger partial charge in [-0.2, -0.15) is 13.2 Å². The number of nitrogens with two attached hydrogens (primary N) is 1. The quantitative estimate of drug-likeness (QED) is 0.738. The van der Waals surface area contributed by atoms with Crippen LogP contribution >= 0.6 is 0 Å².